The van der Waals surface area contributed by atoms with Gasteiger partial charge in [0, 0.05) is 12.5 Å². The molecule has 1 aromatic carbocycles. The minimum Gasteiger partial charge on any atom is -0.481 e. The van der Waals surface area contributed by atoms with Gasteiger partial charge >= 0.3 is 5.97 Å². The number of para-hydroxylation sites is 1. The molecule has 132 valence electrons. The lowest BCUT2D eigenvalue weighted by molar-refractivity contribution is -0.145. The van der Waals surface area contributed by atoms with Crippen LogP contribution >= 0.6 is 23.2 Å². The topological polar surface area (TPSA) is 97.1 Å². The smallest absolute Gasteiger partial charge is 0.306 e. The van der Waals surface area contributed by atoms with Crippen LogP contribution in [0.25, 0.3) is 5.69 Å². The molecule has 1 aromatic heterocycles. The number of carbonyl (C=O) groups is 2. The molecule has 1 amide bonds. The fourth-order valence-corrected chi connectivity index (χ4v) is 3.28. The van der Waals surface area contributed by atoms with Gasteiger partial charge in [-0.1, -0.05) is 36.2 Å². The van der Waals surface area contributed by atoms with Crippen LogP contribution in [0.4, 0.5) is 0 Å². The van der Waals surface area contributed by atoms with Gasteiger partial charge in [0.1, 0.15) is 11.5 Å². The standard InChI is InChI=1S/C16H16Cl2N4O3/c1-2-12-20-14(15(23)19-9-6-8(7-9)16(24)25)21-22(12)13-10(17)4-3-5-11(13)18/h3-5,8-9H,2,6-7H2,1H3,(H,19,23)(H,24,25). The molecule has 25 heavy (non-hydrogen) atoms. The van der Waals surface area contributed by atoms with Crippen molar-refractivity contribution < 1.29 is 14.7 Å². The van der Waals surface area contributed by atoms with E-state index in [-0.39, 0.29) is 11.9 Å². The zero-order valence-electron chi connectivity index (χ0n) is 13.4. The molecule has 1 heterocycles. The first-order valence-electron chi connectivity index (χ1n) is 7.84. The minimum absolute atomic E-state index is 0.00612. The summed E-state index contributed by atoms with van der Waals surface area (Å²) in [7, 11) is 0. The highest BCUT2D eigenvalue weighted by Crippen LogP contribution is 2.29. The molecular weight excluding hydrogens is 367 g/mol. The Kier molecular flexibility index (Phi) is 4.96. The number of carbonyl (C=O) groups excluding carboxylic acids is 1. The van der Waals surface area contributed by atoms with Crippen LogP contribution < -0.4 is 5.32 Å². The van der Waals surface area contributed by atoms with E-state index < -0.39 is 17.8 Å². The Morgan fingerprint density at radius 2 is 1.96 bits per heavy atom. The molecule has 3 rings (SSSR count). The average Bonchev–Trinajstić information content (AvgIpc) is 2.93. The van der Waals surface area contributed by atoms with E-state index in [0.717, 1.165) is 0 Å². The second-order valence-electron chi connectivity index (χ2n) is 5.86. The number of aromatic nitrogens is 3. The molecule has 1 aliphatic rings. The SMILES string of the molecule is CCc1nc(C(=O)NC2CC(C(=O)O)C2)nn1-c1c(Cl)cccc1Cl. The lowest BCUT2D eigenvalue weighted by Crippen LogP contribution is -2.47. The van der Waals surface area contributed by atoms with Crippen molar-refractivity contribution in [1.82, 2.24) is 20.1 Å². The third kappa shape index (κ3) is 3.48. The molecule has 0 radical (unpaired) electrons. The van der Waals surface area contributed by atoms with Gasteiger partial charge in [0.15, 0.2) is 0 Å². The first-order chi connectivity index (χ1) is 11.9. The normalized spacial score (nSPS) is 19.3. The van der Waals surface area contributed by atoms with Crippen molar-refractivity contribution in [2.24, 2.45) is 5.92 Å². The lowest BCUT2D eigenvalue weighted by Gasteiger charge is -2.32. The van der Waals surface area contributed by atoms with E-state index in [9.17, 15) is 9.59 Å². The van der Waals surface area contributed by atoms with E-state index in [1.165, 1.54) is 4.68 Å². The van der Waals surface area contributed by atoms with E-state index in [0.29, 0.717) is 40.8 Å². The number of carboxylic acids is 1. The van der Waals surface area contributed by atoms with E-state index in [2.05, 4.69) is 15.4 Å². The molecule has 1 fully saturated rings. The van der Waals surface area contributed by atoms with Crippen molar-refractivity contribution in [2.45, 2.75) is 32.2 Å². The Labute approximate surface area is 154 Å². The predicted molar refractivity (Wildman–Crippen MR) is 92.4 cm³/mol. The Morgan fingerprint density at radius 3 is 2.52 bits per heavy atom. The van der Waals surface area contributed by atoms with Crippen molar-refractivity contribution in [3.8, 4) is 5.69 Å². The molecule has 0 unspecified atom stereocenters. The molecule has 1 saturated carbocycles. The van der Waals surface area contributed by atoms with Crippen molar-refractivity contribution in [3.05, 3.63) is 39.9 Å². The monoisotopic (exact) mass is 382 g/mol. The van der Waals surface area contributed by atoms with Crippen LogP contribution in [0.15, 0.2) is 18.2 Å². The Morgan fingerprint density at radius 1 is 1.32 bits per heavy atom. The average molecular weight is 383 g/mol. The lowest BCUT2D eigenvalue weighted by atomic mass is 9.80. The second kappa shape index (κ2) is 7.01. The van der Waals surface area contributed by atoms with Gasteiger partial charge in [-0.05, 0) is 25.0 Å². The number of hydrogen-bond acceptors (Lipinski definition) is 4. The number of amides is 1. The highest BCUT2D eigenvalue weighted by molar-refractivity contribution is 6.37. The summed E-state index contributed by atoms with van der Waals surface area (Å²) in [5, 5.41) is 16.7. The van der Waals surface area contributed by atoms with Gasteiger partial charge in [0.25, 0.3) is 5.91 Å². The molecule has 0 bridgehead atoms. The summed E-state index contributed by atoms with van der Waals surface area (Å²) in [6, 6.07) is 4.92. The van der Waals surface area contributed by atoms with Crippen LogP contribution in [0, 0.1) is 5.92 Å². The zero-order valence-corrected chi connectivity index (χ0v) is 14.9. The number of nitrogens with one attached hydrogen (secondary N) is 1. The highest BCUT2D eigenvalue weighted by Gasteiger charge is 2.36. The number of nitrogens with zero attached hydrogens (tertiary/aromatic N) is 3. The third-order valence-electron chi connectivity index (χ3n) is 4.17. The van der Waals surface area contributed by atoms with Crippen LogP contribution in [-0.4, -0.2) is 37.8 Å². The van der Waals surface area contributed by atoms with Gasteiger partial charge in [0.2, 0.25) is 5.82 Å². The Hall–Kier alpha value is -2.12. The summed E-state index contributed by atoms with van der Waals surface area (Å²) in [4.78, 5) is 27.4. The van der Waals surface area contributed by atoms with Crippen molar-refractivity contribution in [1.29, 1.82) is 0 Å². The molecule has 0 atom stereocenters. The molecule has 0 saturated heterocycles. The number of rotatable bonds is 5. The first-order valence-corrected chi connectivity index (χ1v) is 8.60. The van der Waals surface area contributed by atoms with Crippen LogP contribution in [-0.2, 0) is 11.2 Å². The number of benzene rings is 1. The van der Waals surface area contributed by atoms with Crippen molar-refractivity contribution >= 4 is 35.1 Å². The molecule has 9 heteroatoms. The number of hydrogen-bond donors (Lipinski definition) is 2. The summed E-state index contributed by atoms with van der Waals surface area (Å²) in [5.41, 5.74) is 0.476. The number of carboxylic acid groups (broad SMARTS) is 1. The summed E-state index contributed by atoms with van der Waals surface area (Å²) in [6.45, 7) is 1.89. The number of aryl methyl sites for hydroxylation is 1. The zero-order chi connectivity index (χ0) is 18.1. The molecule has 2 N–H and O–H groups in total. The van der Waals surface area contributed by atoms with Crippen molar-refractivity contribution in [3.63, 3.8) is 0 Å². The van der Waals surface area contributed by atoms with E-state index >= 15 is 0 Å². The summed E-state index contributed by atoms with van der Waals surface area (Å²) < 4.78 is 1.47. The minimum atomic E-state index is -0.838. The van der Waals surface area contributed by atoms with Crippen LogP contribution in [0.3, 0.4) is 0 Å². The van der Waals surface area contributed by atoms with Crippen molar-refractivity contribution in [2.75, 3.05) is 0 Å². The fourth-order valence-electron chi connectivity index (χ4n) is 2.73. The molecule has 0 aliphatic heterocycles. The molecule has 1 aliphatic carbocycles. The highest BCUT2D eigenvalue weighted by atomic mass is 35.5. The van der Waals surface area contributed by atoms with Gasteiger partial charge < -0.3 is 10.4 Å². The number of aliphatic carboxylic acids is 1. The molecule has 0 spiro atoms. The third-order valence-corrected chi connectivity index (χ3v) is 4.78. The largest absolute Gasteiger partial charge is 0.481 e. The van der Waals surface area contributed by atoms with Gasteiger partial charge in [-0.3, -0.25) is 9.59 Å². The van der Waals surface area contributed by atoms with Gasteiger partial charge in [-0.25, -0.2) is 9.67 Å². The molecule has 2 aromatic rings. The number of halogens is 2. The summed E-state index contributed by atoms with van der Waals surface area (Å²) in [6.07, 6.45) is 1.36. The van der Waals surface area contributed by atoms with E-state index in [1.807, 2.05) is 6.92 Å². The maximum Gasteiger partial charge on any atom is 0.306 e. The molecule has 7 nitrogen and oxygen atoms in total. The van der Waals surface area contributed by atoms with E-state index in [4.69, 9.17) is 28.3 Å². The maximum atomic E-state index is 12.3. The predicted octanol–water partition coefficient (Wildman–Crippen LogP) is 2.73. The Bertz CT molecular complexity index is 811. The van der Waals surface area contributed by atoms with Gasteiger partial charge in [-0.15, -0.1) is 5.10 Å². The maximum absolute atomic E-state index is 12.3. The summed E-state index contributed by atoms with van der Waals surface area (Å²) in [5.74, 6) is -1.12. The first kappa shape index (κ1) is 17.7. The van der Waals surface area contributed by atoms with Gasteiger partial charge in [-0.2, -0.15) is 0 Å². The van der Waals surface area contributed by atoms with Crippen LogP contribution in [0.1, 0.15) is 36.2 Å². The quantitative estimate of drug-likeness (QED) is 0.828. The van der Waals surface area contributed by atoms with E-state index in [1.54, 1.807) is 18.2 Å². The van der Waals surface area contributed by atoms with Crippen LogP contribution in [0.5, 0.6) is 0 Å². The fraction of sp³-hybridized carbons (Fsp3) is 0.375. The summed E-state index contributed by atoms with van der Waals surface area (Å²) >= 11 is 12.4. The Balaban J connectivity index is 1.81. The second-order valence-corrected chi connectivity index (χ2v) is 6.68. The van der Waals surface area contributed by atoms with Crippen LogP contribution in [0.2, 0.25) is 10.0 Å². The van der Waals surface area contributed by atoms with Gasteiger partial charge in [0.05, 0.1) is 16.0 Å². The molecular formula is C16H16Cl2N4O3.